The first-order valence-electron chi connectivity index (χ1n) is 7.39. The van der Waals surface area contributed by atoms with Crippen LogP contribution >= 0.6 is 22.7 Å². The summed E-state index contributed by atoms with van der Waals surface area (Å²) in [4.78, 5) is 27.4. The summed E-state index contributed by atoms with van der Waals surface area (Å²) in [5.74, 6) is -0.802. The Kier molecular flexibility index (Phi) is 5.35. The van der Waals surface area contributed by atoms with Gasteiger partial charge in [0.05, 0.1) is 21.1 Å². The third-order valence-corrected chi connectivity index (χ3v) is 6.50. The average molecular weight is 424 g/mol. The Morgan fingerprint density at radius 3 is 2.70 bits per heavy atom. The summed E-state index contributed by atoms with van der Waals surface area (Å²) in [6.07, 6.45) is 0.862. The van der Waals surface area contributed by atoms with Gasteiger partial charge < -0.3 is 4.74 Å². The lowest BCUT2D eigenvalue weighted by Crippen LogP contribution is -2.08. The van der Waals surface area contributed by atoms with Gasteiger partial charge in [0.25, 0.3) is 5.69 Å². The molecule has 0 N–H and O–H groups in total. The summed E-state index contributed by atoms with van der Waals surface area (Å²) in [5, 5.41) is 15.6. The van der Waals surface area contributed by atoms with Crippen molar-refractivity contribution >= 4 is 44.2 Å². The molecule has 0 spiro atoms. The molecular formula is C16H12N2O6S3. The van der Waals surface area contributed by atoms with Crippen molar-refractivity contribution in [1.29, 1.82) is 0 Å². The van der Waals surface area contributed by atoms with Crippen molar-refractivity contribution in [1.82, 2.24) is 4.98 Å². The predicted octanol–water partition coefficient (Wildman–Crippen LogP) is 3.54. The molecule has 1 aromatic carbocycles. The summed E-state index contributed by atoms with van der Waals surface area (Å²) >= 11 is 2.96. The lowest BCUT2D eigenvalue weighted by Gasteiger charge is -2.05. The number of nitro groups is 1. The molecule has 11 heteroatoms. The molecule has 3 rings (SSSR count). The molecule has 8 nitrogen and oxygen atoms in total. The van der Waals surface area contributed by atoms with Gasteiger partial charge in [0.15, 0.2) is 9.84 Å². The van der Waals surface area contributed by atoms with Crippen LogP contribution in [0.2, 0.25) is 0 Å². The van der Waals surface area contributed by atoms with Gasteiger partial charge in [-0.05, 0) is 23.6 Å². The van der Waals surface area contributed by atoms with Crippen molar-refractivity contribution in [3.05, 3.63) is 62.5 Å². The van der Waals surface area contributed by atoms with Crippen LogP contribution in [0.3, 0.4) is 0 Å². The van der Waals surface area contributed by atoms with E-state index in [0.29, 0.717) is 5.69 Å². The van der Waals surface area contributed by atoms with Gasteiger partial charge >= 0.3 is 5.97 Å². The highest BCUT2D eigenvalue weighted by Crippen LogP contribution is 2.28. The maximum atomic E-state index is 12.2. The van der Waals surface area contributed by atoms with E-state index >= 15 is 0 Å². The highest BCUT2D eigenvalue weighted by Gasteiger charge is 2.24. The van der Waals surface area contributed by atoms with Crippen LogP contribution in [0.5, 0.6) is 0 Å². The molecule has 2 aromatic heterocycles. The Labute approximate surface area is 162 Å². The number of thiophene rings is 1. The third-order valence-electron chi connectivity index (χ3n) is 3.43. The zero-order chi connectivity index (χ0) is 19.6. The molecule has 0 aliphatic heterocycles. The standard InChI is InChI=1S/C16H12N2O6S3/c1-27(22,23)14-5-4-10(7-12(14)18(20)21)16(19)24-8-11-9-26-15(17-11)13-3-2-6-25-13/h2-7,9H,8H2,1H3. The third kappa shape index (κ3) is 4.38. The minimum Gasteiger partial charge on any atom is -0.456 e. The number of thiazole rings is 1. The minimum absolute atomic E-state index is 0.0949. The topological polar surface area (TPSA) is 116 Å². The van der Waals surface area contributed by atoms with Crippen LogP contribution in [0.1, 0.15) is 16.1 Å². The number of hydrogen-bond acceptors (Lipinski definition) is 9. The smallest absolute Gasteiger partial charge is 0.338 e. The maximum absolute atomic E-state index is 12.2. The van der Waals surface area contributed by atoms with E-state index in [-0.39, 0.29) is 12.2 Å². The second-order valence-electron chi connectivity index (χ2n) is 5.41. The van der Waals surface area contributed by atoms with E-state index in [0.717, 1.165) is 28.3 Å². The van der Waals surface area contributed by atoms with Crippen LogP contribution in [-0.4, -0.2) is 30.6 Å². The van der Waals surface area contributed by atoms with Gasteiger partial charge in [-0.1, -0.05) is 6.07 Å². The summed E-state index contributed by atoms with van der Waals surface area (Å²) in [6, 6.07) is 6.96. The SMILES string of the molecule is CS(=O)(=O)c1ccc(C(=O)OCc2csc(-c3cccs3)n2)cc1[N+](=O)[O-]. The van der Waals surface area contributed by atoms with Crippen LogP contribution in [0, 0.1) is 10.1 Å². The molecule has 27 heavy (non-hydrogen) atoms. The van der Waals surface area contributed by atoms with E-state index in [1.165, 1.54) is 17.4 Å². The zero-order valence-electron chi connectivity index (χ0n) is 13.8. The fourth-order valence-electron chi connectivity index (χ4n) is 2.21. The molecule has 0 aliphatic rings. The minimum atomic E-state index is -3.80. The molecule has 0 bridgehead atoms. The summed E-state index contributed by atoms with van der Waals surface area (Å²) in [6.45, 7) is -0.0949. The van der Waals surface area contributed by atoms with Crippen molar-refractivity contribution < 1.29 is 22.9 Å². The fraction of sp³-hybridized carbons (Fsp3) is 0.125. The van der Waals surface area contributed by atoms with Crippen LogP contribution in [0.4, 0.5) is 5.69 Å². The van der Waals surface area contributed by atoms with Crippen LogP contribution in [-0.2, 0) is 21.2 Å². The highest BCUT2D eigenvalue weighted by atomic mass is 32.2. The first-order chi connectivity index (χ1) is 12.8. The Bertz CT molecular complexity index is 1100. The number of benzene rings is 1. The molecule has 0 unspecified atom stereocenters. The van der Waals surface area contributed by atoms with E-state index in [1.54, 1.807) is 16.7 Å². The number of nitrogens with zero attached hydrogens (tertiary/aromatic N) is 2. The summed E-state index contributed by atoms with van der Waals surface area (Å²) in [7, 11) is -3.80. The first kappa shape index (κ1) is 19.1. The fourth-order valence-corrected chi connectivity index (χ4v) is 4.66. The lowest BCUT2D eigenvalue weighted by atomic mass is 10.2. The Morgan fingerprint density at radius 2 is 2.07 bits per heavy atom. The molecule has 0 radical (unpaired) electrons. The summed E-state index contributed by atoms with van der Waals surface area (Å²) < 4.78 is 28.4. The second kappa shape index (κ2) is 7.55. The van der Waals surface area contributed by atoms with Gasteiger partial charge in [-0.25, -0.2) is 18.2 Å². The number of carbonyl (C=O) groups excluding carboxylic acids is 1. The van der Waals surface area contributed by atoms with Crippen molar-refractivity contribution in [3.63, 3.8) is 0 Å². The average Bonchev–Trinajstić information content (AvgIpc) is 3.29. The number of rotatable bonds is 6. The van der Waals surface area contributed by atoms with Gasteiger partial charge in [0, 0.05) is 17.7 Å². The van der Waals surface area contributed by atoms with Crippen molar-refractivity contribution in [2.24, 2.45) is 0 Å². The van der Waals surface area contributed by atoms with Gasteiger partial charge in [-0.3, -0.25) is 10.1 Å². The molecule has 0 fully saturated rings. The normalized spacial score (nSPS) is 11.3. The molecule has 0 atom stereocenters. The molecule has 140 valence electrons. The number of sulfone groups is 1. The molecule has 0 aliphatic carbocycles. The molecule has 0 saturated carbocycles. The number of aromatic nitrogens is 1. The van der Waals surface area contributed by atoms with E-state index in [1.807, 2.05) is 17.5 Å². The summed E-state index contributed by atoms with van der Waals surface area (Å²) in [5.41, 5.74) is -0.220. The van der Waals surface area contributed by atoms with Gasteiger partial charge in [0.2, 0.25) is 0 Å². The van der Waals surface area contributed by atoms with E-state index in [4.69, 9.17) is 4.74 Å². The van der Waals surface area contributed by atoms with Crippen LogP contribution in [0.15, 0.2) is 46.0 Å². The first-order valence-corrected chi connectivity index (χ1v) is 11.0. The quantitative estimate of drug-likeness (QED) is 0.337. The highest BCUT2D eigenvalue weighted by molar-refractivity contribution is 7.90. The van der Waals surface area contributed by atoms with Gasteiger partial charge in [-0.2, -0.15) is 0 Å². The van der Waals surface area contributed by atoms with Gasteiger partial charge in [-0.15, -0.1) is 22.7 Å². The molecule has 0 saturated heterocycles. The number of esters is 1. The number of hydrogen-bond donors (Lipinski definition) is 0. The number of ether oxygens (including phenoxy) is 1. The van der Waals surface area contributed by atoms with E-state index < -0.39 is 31.3 Å². The monoisotopic (exact) mass is 424 g/mol. The predicted molar refractivity (Wildman–Crippen MR) is 101 cm³/mol. The lowest BCUT2D eigenvalue weighted by molar-refractivity contribution is -0.387. The molecule has 3 aromatic rings. The Morgan fingerprint density at radius 1 is 1.30 bits per heavy atom. The molecule has 0 amide bonds. The molecular weight excluding hydrogens is 412 g/mol. The van der Waals surface area contributed by atoms with Crippen molar-refractivity contribution in [2.45, 2.75) is 11.5 Å². The number of carbonyl (C=O) groups is 1. The van der Waals surface area contributed by atoms with Crippen molar-refractivity contribution in [3.8, 4) is 9.88 Å². The van der Waals surface area contributed by atoms with Crippen molar-refractivity contribution in [2.75, 3.05) is 6.26 Å². The maximum Gasteiger partial charge on any atom is 0.338 e. The van der Waals surface area contributed by atoms with Gasteiger partial charge in [0.1, 0.15) is 16.5 Å². The molecule has 2 heterocycles. The Hall–Kier alpha value is -2.63. The second-order valence-corrected chi connectivity index (χ2v) is 9.20. The van der Waals surface area contributed by atoms with Crippen LogP contribution in [0.25, 0.3) is 9.88 Å². The zero-order valence-corrected chi connectivity index (χ0v) is 16.3. The van der Waals surface area contributed by atoms with E-state index in [2.05, 4.69) is 4.98 Å². The Balaban J connectivity index is 1.75. The van der Waals surface area contributed by atoms with E-state index in [9.17, 15) is 23.3 Å². The number of nitro benzene ring substituents is 1. The largest absolute Gasteiger partial charge is 0.456 e. The van der Waals surface area contributed by atoms with Crippen LogP contribution < -0.4 is 0 Å².